The molecule has 1 saturated carbocycles. The predicted molar refractivity (Wildman–Crippen MR) is 94.9 cm³/mol. The van der Waals surface area contributed by atoms with E-state index < -0.39 is 0 Å². The van der Waals surface area contributed by atoms with Crippen LogP contribution in [0.3, 0.4) is 0 Å². The zero-order valence-corrected chi connectivity index (χ0v) is 14.4. The first-order valence-electron chi connectivity index (χ1n) is 8.78. The summed E-state index contributed by atoms with van der Waals surface area (Å²) in [4.78, 5) is 18.9. The van der Waals surface area contributed by atoms with E-state index in [0.717, 1.165) is 21.9 Å². The Morgan fingerprint density at radius 1 is 1.29 bits per heavy atom. The van der Waals surface area contributed by atoms with Gasteiger partial charge in [0.25, 0.3) is 0 Å². The molecule has 0 radical (unpaired) electrons. The van der Waals surface area contributed by atoms with Gasteiger partial charge in [-0.15, -0.1) is 0 Å². The molecule has 1 aromatic heterocycles. The van der Waals surface area contributed by atoms with E-state index in [-0.39, 0.29) is 17.6 Å². The van der Waals surface area contributed by atoms with Gasteiger partial charge in [-0.2, -0.15) is 0 Å². The number of carbonyl (C=O) groups excluding carboxylic acids is 1. The molecule has 1 amide bonds. The molecule has 1 saturated heterocycles. The molecule has 4 nitrogen and oxygen atoms in total. The van der Waals surface area contributed by atoms with Crippen LogP contribution in [0.4, 0.5) is 9.52 Å². The lowest BCUT2D eigenvalue weighted by atomic mass is 9.89. The maximum atomic E-state index is 13.3. The standard InChI is InChI=1S/C18H22FN3OS/c19-14-6-7-15-16(8-14)24-18(21-15)22-10-13(11-22)17(23)20-9-12-4-2-1-3-5-12/h6-8,12-13H,1-5,9-11H2,(H,20,23). The number of halogens is 1. The number of fused-ring (bicyclic) bond motifs is 1. The second kappa shape index (κ2) is 6.67. The second-order valence-corrected chi connectivity index (χ2v) is 7.97. The number of aromatic nitrogens is 1. The molecule has 6 heteroatoms. The van der Waals surface area contributed by atoms with Crippen molar-refractivity contribution in [2.75, 3.05) is 24.5 Å². The Bertz CT molecular complexity index is 735. The SMILES string of the molecule is O=C(NCC1CCCCC1)C1CN(c2nc3ccc(F)cc3s2)C1. The summed E-state index contributed by atoms with van der Waals surface area (Å²) in [5.74, 6) is 0.653. The number of hydrogen-bond acceptors (Lipinski definition) is 4. The number of nitrogens with zero attached hydrogens (tertiary/aromatic N) is 2. The maximum absolute atomic E-state index is 13.3. The van der Waals surface area contributed by atoms with Gasteiger partial charge in [-0.25, -0.2) is 9.37 Å². The molecular weight excluding hydrogens is 325 g/mol. The largest absolute Gasteiger partial charge is 0.355 e. The van der Waals surface area contributed by atoms with Gasteiger partial charge in [0.05, 0.1) is 16.1 Å². The van der Waals surface area contributed by atoms with Crippen LogP contribution in [0.2, 0.25) is 0 Å². The lowest BCUT2D eigenvalue weighted by molar-refractivity contribution is -0.125. The van der Waals surface area contributed by atoms with E-state index in [4.69, 9.17) is 0 Å². The molecule has 1 aliphatic carbocycles. The highest BCUT2D eigenvalue weighted by atomic mass is 32.1. The summed E-state index contributed by atoms with van der Waals surface area (Å²) in [5.41, 5.74) is 0.821. The molecule has 2 aliphatic rings. The third-order valence-corrected chi connectivity index (χ3v) is 6.23. The van der Waals surface area contributed by atoms with Crippen molar-refractivity contribution < 1.29 is 9.18 Å². The van der Waals surface area contributed by atoms with Gasteiger partial charge >= 0.3 is 0 Å². The van der Waals surface area contributed by atoms with E-state index in [1.54, 1.807) is 6.07 Å². The minimum Gasteiger partial charge on any atom is -0.355 e. The second-order valence-electron chi connectivity index (χ2n) is 6.96. The van der Waals surface area contributed by atoms with Crippen molar-refractivity contribution in [2.45, 2.75) is 32.1 Å². The van der Waals surface area contributed by atoms with Gasteiger partial charge in [0, 0.05) is 19.6 Å². The monoisotopic (exact) mass is 347 g/mol. The molecule has 2 aromatic rings. The Balaban J connectivity index is 1.29. The van der Waals surface area contributed by atoms with Crippen LogP contribution in [0.5, 0.6) is 0 Å². The minimum atomic E-state index is -0.235. The van der Waals surface area contributed by atoms with Crippen LogP contribution < -0.4 is 10.2 Å². The van der Waals surface area contributed by atoms with Gasteiger partial charge in [-0.05, 0) is 37.0 Å². The fourth-order valence-corrected chi connectivity index (χ4v) is 4.61. The zero-order chi connectivity index (χ0) is 16.5. The Morgan fingerprint density at radius 2 is 2.08 bits per heavy atom. The molecule has 1 aromatic carbocycles. The van der Waals surface area contributed by atoms with Crippen LogP contribution in [0.25, 0.3) is 10.2 Å². The quantitative estimate of drug-likeness (QED) is 0.920. The Morgan fingerprint density at radius 3 is 2.88 bits per heavy atom. The zero-order valence-electron chi connectivity index (χ0n) is 13.6. The molecule has 0 bridgehead atoms. The first kappa shape index (κ1) is 15.8. The molecule has 2 heterocycles. The van der Waals surface area contributed by atoms with E-state index in [9.17, 15) is 9.18 Å². The first-order chi connectivity index (χ1) is 11.7. The highest BCUT2D eigenvalue weighted by Crippen LogP contribution is 2.33. The minimum absolute atomic E-state index is 0.0531. The number of rotatable bonds is 4. The molecule has 2 fully saturated rings. The van der Waals surface area contributed by atoms with Crippen molar-refractivity contribution in [1.29, 1.82) is 0 Å². The number of amides is 1. The number of benzene rings is 1. The molecule has 0 unspecified atom stereocenters. The molecule has 0 spiro atoms. The lowest BCUT2D eigenvalue weighted by Gasteiger charge is -2.38. The van der Waals surface area contributed by atoms with Crippen molar-refractivity contribution in [3.05, 3.63) is 24.0 Å². The van der Waals surface area contributed by atoms with Crippen LogP contribution in [-0.2, 0) is 4.79 Å². The van der Waals surface area contributed by atoms with Gasteiger partial charge in [0.2, 0.25) is 5.91 Å². The topological polar surface area (TPSA) is 45.2 Å². The molecule has 128 valence electrons. The fourth-order valence-electron chi connectivity index (χ4n) is 3.60. The van der Waals surface area contributed by atoms with Crippen LogP contribution in [-0.4, -0.2) is 30.5 Å². The lowest BCUT2D eigenvalue weighted by Crippen LogP contribution is -2.54. The molecule has 1 N–H and O–H groups in total. The summed E-state index contributed by atoms with van der Waals surface area (Å²) in [6, 6.07) is 4.66. The van der Waals surface area contributed by atoms with E-state index in [1.165, 1.54) is 55.6 Å². The summed E-state index contributed by atoms with van der Waals surface area (Å²) in [7, 11) is 0. The van der Waals surface area contributed by atoms with Gasteiger partial charge < -0.3 is 10.2 Å². The third-order valence-electron chi connectivity index (χ3n) is 5.15. The van der Waals surface area contributed by atoms with Crippen LogP contribution in [0, 0.1) is 17.7 Å². The molecule has 24 heavy (non-hydrogen) atoms. The highest BCUT2D eigenvalue weighted by Gasteiger charge is 2.34. The van der Waals surface area contributed by atoms with Gasteiger partial charge in [0.15, 0.2) is 5.13 Å². The van der Waals surface area contributed by atoms with Gasteiger partial charge in [0.1, 0.15) is 5.82 Å². The summed E-state index contributed by atoms with van der Waals surface area (Å²) in [6.07, 6.45) is 6.44. The highest BCUT2D eigenvalue weighted by molar-refractivity contribution is 7.22. The summed E-state index contributed by atoms with van der Waals surface area (Å²) in [5, 5.41) is 4.01. The van der Waals surface area contributed by atoms with Crippen LogP contribution >= 0.6 is 11.3 Å². The average molecular weight is 347 g/mol. The van der Waals surface area contributed by atoms with Crippen LogP contribution in [0.1, 0.15) is 32.1 Å². The third kappa shape index (κ3) is 3.24. The number of thiazole rings is 1. The van der Waals surface area contributed by atoms with Gasteiger partial charge in [-0.1, -0.05) is 30.6 Å². The molecule has 0 atom stereocenters. The van der Waals surface area contributed by atoms with E-state index in [2.05, 4.69) is 15.2 Å². The smallest absolute Gasteiger partial charge is 0.226 e. The molecule has 4 rings (SSSR count). The Kier molecular flexibility index (Phi) is 4.39. The average Bonchev–Trinajstić information content (AvgIpc) is 2.95. The molecular formula is C18H22FN3OS. The summed E-state index contributed by atoms with van der Waals surface area (Å²) >= 11 is 1.49. The van der Waals surface area contributed by atoms with E-state index >= 15 is 0 Å². The van der Waals surface area contributed by atoms with Crippen molar-refractivity contribution >= 4 is 32.6 Å². The summed E-state index contributed by atoms with van der Waals surface area (Å²) in [6.45, 7) is 2.24. The van der Waals surface area contributed by atoms with Crippen molar-refractivity contribution in [3.8, 4) is 0 Å². The first-order valence-corrected chi connectivity index (χ1v) is 9.59. The molecule has 1 aliphatic heterocycles. The van der Waals surface area contributed by atoms with Crippen molar-refractivity contribution in [1.82, 2.24) is 10.3 Å². The maximum Gasteiger partial charge on any atom is 0.226 e. The normalized spacial score (nSPS) is 19.5. The number of carbonyl (C=O) groups is 1. The predicted octanol–water partition coefficient (Wildman–Crippen LogP) is 3.57. The Labute approximate surface area is 145 Å². The van der Waals surface area contributed by atoms with Crippen molar-refractivity contribution in [3.63, 3.8) is 0 Å². The van der Waals surface area contributed by atoms with E-state index in [1.807, 2.05) is 0 Å². The number of hydrogen-bond donors (Lipinski definition) is 1. The Hall–Kier alpha value is -1.69. The van der Waals surface area contributed by atoms with Crippen molar-refractivity contribution in [2.24, 2.45) is 11.8 Å². The number of anilines is 1. The number of nitrogens with one attached hydrogen (secondary N) is 1. The summed E-state index contributed by atoms with van der Waals surface area (Å²) < 4.78 is 14.1. The van der Waals surface area contributed by atoms with E-state index in [0.29, 0.717) is 19.0 Å². The fraction of sp³-hybridized carbons (Fsp3) is 0.556. The van der Waals surface area contributed by atoms with Crippen LogP contribution in [0.15, 0.2) is 18.2 Å². The van der Waals surface area contributed by atoms with Gasteiger partial charge in [-0.3, -0.25) is 4.79 Å².